The SMILES string of the molecule is CC(C)[C@@H](NC(=O)OCc1ccccc1)C(=O)N1CC=C(c2c[nH]c3cc(F)ccc23)CC1. The molecule has 1 aliphatic rings. The first-order chi connectivity index (χ1) is 15.9. The second kappa shape index (κ2) is 9.90. The molecule has 1 aliphatic heterocycles. The Bertz CT molecular complexity index is 1170. The Balaban J connectivity index is 1.38. The molecule has 6 nitrogen and oxygen atoms in total. The van der Waals surface area contributed by atoms with Gasteiger partial charge in [-0.05, 0) is 41.7 Å². The number of carbonyl (C=O) groups is 2. The van der Waals surface area contributed by atoms with Crippen LogP contribution in [0.5, 0.6) is 0 Å². The lowest BCUT2D eigenvalue weighted by molar-refractivity contribution is -0.134. The van der Waals surface area contributed by atoms with Gasteiger partial charge in [0.05, 0.1) is 0 Å². The Morgan fingerprint density at radius 3 is 2.67 bits per heavy atom. The fraction of sp³-hybridized carbons (Fsp3) is 0.308. The fourth-order valence-corrected chi connectivity index (χ4v) is 4.08. The zero-order valence-corrected chi connectivity index (χ0v) is 18.8. The highest BCUT2D eigenvalue weighted by molar-refractivity contribution is 5.93. The highest BCUT2D eigenvalue weighted by Crippen LogP contribution is 2.30. The molecule has 0 radical (unpaired) electrons. The number of nitrogens with zero attached hydrogens (tertiary/aromatic N) is 1. The third kappa shape index (κ3) is 5.25. The normalized spacial score (nSPS) is 14.8. The maximum atomic E-state index is 13.5. The Kier molecular flexibility index (Phi) is 6.77. The number of fused-ring (bicyclic) bond motifs is 1. The topological polar surface area (TPSA) is 74.4 Å². The van der Waals surface area contributed by atoms with Crippen LogP contribution in [0.3, 0.4) is 0 Å². The molecule has 0 saturated carbocycles. The molecule has 0 saturated heterocycles. The maximum Gasteiger partial charge on any atom is 0.408 e. The zero-order valence-electron chi connectivity index (χ0n) is 18.8. The minimum Gasteiger partial charge on any atom is -0.445 e. The molecule has 0 spiro atoms. The van der Waals surface area contributed by atoms with Gasteiger partial charge in [-0.3, -0.25) is 4.79 Å². The molecular formula is C26H28FN3O3. The first-order valence-electron chi connectivity index (χ1n) is 11.1. The predicted octanol–water partition coefficient (Wildman–Crippen LogP) is 4.87. The molecule has 0 bridgehead atoms. The van der Waals surface area contributed by atoms with Gasteiger partial charge in [-0.15, -0.1) is 0 Å². The third-order valence-corrected chi connectivity index (χ3v) is 5.93. The molecule has 1 atom stereocenters. The summed E-state index contributed by atoms with van der Waals surface area (Å²) in [5.41, 5.74) is 3.78. The van der Waals surface area contributed by atoms with Crippen molar-refractivity contribution in [3.05, 3.63) is 77.7 Å². The number of ether oxygens (including phenoxy) is 1. The Hall–Kier alpha value is -3.61. The maximum absolute atomic E-state index is 13.5. The van der Waals surface area contributed by atoms with Crippen LogP contribution in [0.4, 0.5) is 9.18 Å². The first kappa shape index (κ1) is 22.6. The fourth-order valence-electron chi connectivity index (χ4n) is 4.08. The van der Waals surface area contributed by atoms with Crippen LogP contribution in [0.15, 0.2) is 60.8 Å². The van der Waals surface area contributed by atoms with E-state index < -0.39 is 12.1 Å². The summed E-state index contributed by atoms with van der Waals surface area (Å²) >= 11 is 0. The molecule has 0 fully saturated rings. The molecule has 33 heavy (non-hydrogen) atoms. The van der Waals surface area contributed by atoms with Crippen molar-refractivity contribution in [1.82, 2.24) is 15.2 Å². The van der Waals surface area contributed by atoms with Crippen molar-refractivity contribution in [2.45, 2.75) is 32.9 Å². The van der Waals surface area contributed by atoms with E-state index in [9.17, 15) is 14.0 Å². The summed E-state index contributed by atoms with van der Waals surface area (Å²) in [4.78, 5) is 30.4. The van der Waals surface area contributed by atoms with E-state index in [0.29, 0.717) is 19.5 Å². The van der Waals surface area contributed by atoms with Crippen LogP contribution in [0.2, 0.25) is 0 Å². The molecule has 172 valence electrons. The van der Waals surface area contributed by atoms with Gasteiger partial charge in [0.1, 0.15) is 18.5 Å². The van der Waals surface area contributed by atoms with Crippen molar-refractivity contribution in [2.75, 3.05) is 13.1 Å². The molecular weight excluding hydrogens is 421 g/mol. The average molecular weight is 450 g/mol. The highest BCUT2D eigenvalue weighted by atomic mass is 19.1. The van der Waals surface area contributed by atoms with Gasteiger partial charge >= 0.3 is 6.09 Å². The quantitative estimate of drug-likeness (QED) is 0.564. The molecule has 1 aromatic heterocycles. The summed E-state index contributed by atoms with van der Waals surface area (Å²) in [6, 6.07) is 13.4. The average Bonchev–Trinajstić information content (AvgIpc) is 3.24. The molecule has 2 N–H and O–H groups in total. The van der Waals surface area contributed by atoms with E-state index in [4.69, 9.17) is 4.74 Å². The van der Waals surface area contributed by atoms with Crippen LogP contribution in [0.1, 0.15) is 31.4 Å². The number of aromatic amines is 1. The molecule has 2 heterocycles. The summed E-state index contributed by atoms with van der Waals surface area (Å²) in [5.74, 6) is -0.492. The van der Waals surface area contributed by atoms with Crippen LogP contribution >= 0.6 is 0 Å². The highest BCUT2D eigenvalue weighted by Gasteiger charge is 2.30. The molecule has 7 heteroatoms. The number of amides is 2. The number of rotatable bonds is 6. The van der Waals surface area contributed by atoms with Gasteiger partial charge in [0.25, 0.3) is 0 Å². The van der Waals surface area contributed by atoms with Gasteiger partial charge in [0.15, 0.2) is 0 Å². The largest absolute Gasteiger partial charge is 0.445 e. The lowest BCUT2D eigenvalue weighted by Crippen LogP contribution is -2.52. The Morgan fingerprint density at radius 2 is 1.97 bits per heavy atom. The number of hydrogen-bond acceptors (Lipinski definition) is 3. The van der Waals surface area contributed by atoms with Gasteiger partial charge in [0.2, 0.25) is 5.91 Å². The van der Waals surface area contributed by atoms with Gasteiger partial charge < -0.3 is 19.9 Å². The van der Waals surface area contributed by atoms with Gasteiger partial charge in [-0.1, -0.05) is 50.3 Å². The van der Waals surface area contributed by atoms with E-state index in [-0.39, 0.29) is 24.2 Å². The molecule has 0 unspecified atom stereocenters. The summed E-state index contributed by atoms with van der Waals surface area (Å²) in [5, 5.41) is 3.70. The van der Waals surface area contributed by atoms with Crippen LogP contribution in [-0.2, 0) is 16.1 Å². The summed E-state index contributed by atoms with van der Waals surface area (Å²) < 4.78 is 18.8. The first-order valence-corrected chi connectivity index (χ1v) is 11.1. The van der Waals surface area contributed by atoms with Gasteiger partial charge in [0, 0.05) is 35.8 Å². The number of benzene rings is 2. The number of hydrogen-bond donors (Lipinski definition) is 2. The minimum absolute atomic E-state index is 0.0873. The van der Waals surface area contributed by atoms with Crippen molar-refractivity contribution < 1.29 is 18.7 Å². The lowest BCUT2D eigenvalue weighted by Gasteiger charge is -2.31. The van der Waals surface area contributed by atoms with Crippen LogP contribution < -0.4 is 5.32 Å². The predicted molar refractivity (Wildman–Crippen MR) is 126 cm³/mol. The number of carbonyl (C=O) groups excluding carboxylic acids is 2. The third-order valence-electron chi connectivity index (χ3n) is 5.93. The van der Waals surface area contributed by atoms with Crippen molar-refractivity contribution in [1.29, 1.82) is 0 Å². The Labute approximate surface area is 192 Å². The number of halogens is 1. The lowest BCUT2D eigenvalue weighted by atomic mass is 9.97. The van der Waals surface area contributed by atoms with Crippen molar-refractivity contribution in [3.63, 3.8) is 0 Å². The molecule has 2 amide bonds. The van der Waals surface area contributed by atoms with E-state index >= 15 is 0 Å². The molecule has 3 aromatic rings. The number of alkyl carbamates (subject to hydrolysis) is 1. The standard InChI is InChI=1S/C26H28FN3O3/c1-17(2)24(29-26(32)33-16-18-6-4-3-5-7-18)25(31)30-12-10-19(11-13-30)22-15-28-23-14-20(27)8-9-21(22)23/h3-10,14-15,17,24,28H,11-13,16H2,1-2H3,(H,29,32)/t24-/m1/s1. The summed E-state index contributed by atoms with van der Waals surface area (Å²) in [6.07, 6.45) is 3.98. The van der Waals surface area contributed by atoms with Gasteiger partial charge in [-0.25, -0.2) is 9.18 Å². The Morgan fingerprint density at radius 1 is 1.18 bits per heavy atom. The number of aromatic nitrogens is 1. The van der Waals surface area contributed by atoms with Crippen LogP contribution in [0.25, 0.3) is 16.5 Å². The molecule has 4 rings (SSSR count). The number of nitrogens with one attached hydrogen (secondary N) is 2. The van der Waals surface area contributed by atoms with Gasteiger partial charge in [-0.2, -0.15) is 0 Å². The minimum atomic E-state index is -0.667. The van der Waals surface area contributed by atoms with Crippen molar-refractivity contribution in [2.24, 2.45) is 5.92 Å². The van der Waals surface area contributed by atoms with E-state index in [2.05, 4.69) is 10.3 Å². The van der Waals surface area contributed by atoms with Crippen molar-refractivity contribution >= 4 is 28.5 Å². The number of H-pyrrole nitrogens is 1. The molecule has 0 aliphatic carbocycles. The van der Waals surface area contributed by atoms with E-state index in [1.54, 1.807) is 11.0 Å². The second-order valence-electron chi connectivity index (χ2n) is 8.58. The smallest absolute Gasteiger partial charge is 0.408 e. The van der Waals surface area contributed by atoms with E-state index in [0.717, 1.165) is 27.6 Å². The van der Waals surface area contributed by atoms with Crippen LogP contribution in [-0.4, -0.2) is 41.0 Å². The summed E-state index contributed by atoms with van der Waals surface area (Å²) in [6.45, 7) is 4.94. The van der Waals surface area contributed by atoms with Crippen molar-refractivity contribution in [3.8, 4) is 0 Å². The van der Waals surface area contributed by atoms with E-state index in [1.165, 1.54) is 12.1 Å². The van der Waals surface area contributed by atoms with Crippen LogP contribution in [0, 0.1) is 11.7 Å². The zero-order chi connectivity index (χ0) is 23.4. The second-order valence-corrected chi connectivity index (χ2v) is 8.58. The summed E-state index contributed by atoms with van der Waals surface area (Å²) in [7, 11) is 0. The monoisotopic (exact) mass is 449 g/mol. The van der Waals surface area contributed by atoms with E-state index in [1.807, 2.05) is 56.5 Å². The molecule has 2 aromatic carbocycles.